The quantitative estimate of drug-likeness (QED) is 0.548. The first-order chi connectivity index (χ1) is 12.3. The maximum absolute atomic E-state index is 14.6. The minimum Gasteiger partial charge on any atom is -0.396 e. The molecule has 0 aliphatic heterocycles. The molecule has 26 heavy (non-hydrogen) atoms. The molecule has 0 saturated heterocycles. The summed E-state index contributed by atoms with van der Waals surface area (Å²) in [5.41, 5.74) is 0.337. The molecule has 0 bridgehead atoms. The SMILES string of the molecule is CCCC(c1ccc(NC(CCCO)C(=O)NC)cc1F)C(F)(F)CC. The first-order valence-corrected chi connectivity index (χ1v) is 9.06. The van der Waals surface area contributed by atoms with Crippen LogP contribution in [0.25, 0.3) is 0 Å². The minimum atomic E-state index is -2.97. The first kappa shape index (κ1) is 22.3. The van der Waals surface area contributed by atoms with Crippen molar-refractivity contribution in [2.45, 2.75) is 63.8 Å². The van der Waals surface area contributed by atoms with Gasteiger partial charge < -0.3 is 15.7 Å². The number of aliphatic hydroxyl groups excluding tert-OH is 1. The van der Waals surface area contributed by atoms with Crippen molar-refractivity contribution in [3.05, 3.63) is 29.6 Å². The molecule has 0 saturated carbocycles. The molecule has 2 unspecified atom stereocenters. The number of anilines is 1. The maximum atomic E-state index is 14.6. The first-order valence-electron chi connectivity index (χ1n) is 9.06. The Morgan fingerprint density at radius 3 is 2.46 bits per heavy atom. The van der Waals surface area contributed by atoms with Gasteiger partial charge in [-0.1, -0.05) is 26.3 Å². The van der Waals surface area contributed by atoms with E-state index in [0.717, 1.165) is 6.07 Å². The molecule has 0 heterocycles. The van der Waals surface area contributed by atoms with Crippen LogP contribution < -0.4 is 10.6 Å². The summed E-state index contributed by atoms with van der Waals surface area (Å²) >= 11 is 0. The van der Waals surface area contributed by atoms with Crippen LogP contribution in [0, 0.1) is 5.82 Å². The third-order valence-electron chi connectivity index (χ3n) is 4.49. The van der Waals surface area contributed by atoms with Crippen LogP contribution in [0.2, 0.25) is 0 Å². The average molecular weight is 374 g/mol. The molecule has 2 atom stereocenters. The molecule has 0 fully saturated rings. The second-order valence-corrected chi connectivity index (χ2v) is 6.37. The highest BCUT2D eigenvalue weighted by Gasteiger charge is 2.39. The zero-order valence-corrected chi connectivity index (χ0v) is 15.6. The van der Waals surface area contributed by atoms with E-state index in [2.05, 4.69) is 10.6 Å². The molecule has 0 aromatic heterocycles. The summed E-state index contributed by atoms with van der Waals surface area (Å²) in [5, 5.41) is 14.3. The minimum absolute atomic E-state index is 0.00361. The number of amides is 1. The van der Waals surface area contributed by atoms with Crippen LogP contribution in [0.3, 0.4) is 0 Å². The van der Waals surface area contributed by atoms with E-state index in [-0.39, 0.29) is 30.9 Å². The summed E-state index contributed by atoms with van der Waals surface area (Å²) < 4.78 is 43.0. The van der Waals surface area contributed by atoms with E-state index in [9.17, 15) is 18.0 Å². The lowest BCUT2D eigenvalue weighted by atomic mass is 9.86. The summed E-state index contributed by atoms with van der Waals surface area (Å²) in [6.45, 7) is 3.13. The Bertz CT molecular complexity index is 582. The predicted octanol–water partition coefficient (Wildman–Crippen LogP) is 4.05. The second-order valence-electron chi connectivity index (χ2n) is 6.37. The molecule has 1 aromatic rings. The van der Waals surface area contributed by atoms with Crippen LogP contribution in [0.1, 0.15) is 57.4 Å². The normalized spacial score (nSPS) is 14.0. The van der Waals surface area contributed by atoms with Gasteiger partial charge in [0.05, 0.1) is 5.92 Å². The van der Waals surface area contributed by atoms with Crippen molar-refractivity contribution < 1.29 is 23.1 Å². The fourth-order valence-corrected chi connectivity index (χ4v) is 2.97. The number of rotatable bonds is 11. The second kappa shape index (κ2) is 10.4. The number of halogens is 3. The topological polar surface area (TPSA) is 61.4 Å². The molecule has 4 nitrogen and oxygen atoms in total. The summed E-state index contributed by atoms with van der Waals surface area (Å²) in [6.07, 6.45) is 1.15. The number of carbonyl (C=O) groups is 1. The Morgan fingerprint density at radius 1 is 1.27 bits per heavy atom. The molecule has 1 aromatic carbocycles. The summed E-state index contributed by atoms with van der Waals surface area (Å²) in [6, 6.07) is 3.40. The fourth-order valence-electron chi connectivity index (χ4n) is 2.97. The third-order valence-corrected chi connectivity index (χ3v) is 4.49. The van der Waals surface area contributed by atoms with Gasteiger partial charge in [0.2, 0.25) is 5.91 Å². The zero-order chi connectivity index (χ0) is 19.7. The highest BCUT2D eigenvalue weighted by Crippen LogP contribution is 2.40. The number of likely N-dealkylation sites (N-methyl/N-ethyl adjacent to an activating group) is 1. The number of alkyl halides is 2. The number of nitrogens with one attached hydrogen (secondary N) is 2. The van der Waals surface area contributed by atoms with E-state index in [4.69, 9.17) is 5.11 Å². The van der Waals surface area contributed by atoms with Crippen molar-refractivity contribution in [3.63, 3.8) is 0 Å². The molecule has 1 amide bonds. The summed E-state index contributed by atoms with van der Waals surface area (Å²) in [4.78, 5) is 11.9. The van der Waals surface area contributed by atoms with Gasteiger partial charge in [-0.15, -0.1) is 0 Å². The average Bonchev–Trinajstić information content (AvgIpc) is 2.63. The van der Waals surface area contributed by atoms with Crippen molar-refractivity contribution in [2.75, 3.05) is 19.0 Å². The van der Waals surface area contributed by atoms with Crippen molar-refractivity contribution in [2.24, 2.45) is 0 Å². The van der Waals surface area contributed by atoms with E-state index in [1.807, 2.05) is 0 Å². The van der Waals surface area contributed by atoms with Gasteiger partial charge in [-0.05, 0) is 37.0 Å². The standard InChI is InChI=1S/C19H29F3N2O2/c1-4-7-15(19(21,22)5-2)14-10-9-13(12-16(14)20)24-17(8-6-11-25)18(26)23-3/h9-10,12,15,17,24-25H,4-8,11H2,1-3H3,(H,23,26). The Hall–Kier alpha value is -1.76. The predicted molar refractivity (Wildman–Crippen MR) is 97.1 cm³/mol. The Morgan fingerprint density at radius 2 is 1.96 bits per heavy atom. The van der Waals surface area contributed by atoms with E-state index >= 15 is 0 Å². The van der Waals surface area contributed by atoms with Crippen LogP contribution in [0.15, 0.2) is 18.2 Å². The molecule has 0 radical (unpaired) electrons. The highest BCUT2D eigenvalue weighted by molar-refractivity contribution is 5.84. The monoisotopic (exact) mass is 374 g/mol. The Balaban J connectivity index is 3.05. The van der Waals surface area contributed by atoms with Crippen LogP contribution in [-0.2, 0) is 4.79 Å². The lowest BCUT2D eigenvalue weighted by molar-refractivity contribution is -0.121. The van der Waals surface area contributed by atoms with Gasteiger partial charge in [-0.3, -0.25) is 4.79 Å². The van der Waals surface area contributed by atoms with Crippen molar-refractivity contribution in [1.82, 2.24) is 5.32 Å². The van der Waals surface area contributed by atoms with Gasteiger partial charge >= 0.3 is 0 Å². The van der Waals surface area contributed by atoms with Crippen molar-refractivity contribution in [3.8, 4) is 0 Å². The van der Waals surface area contributed by atoms with Crippen LogP contribution in [-0.4, -0.2) is 36.6 Å². The van der Waals surface area contributed by atoms with Gasteiger partial charge in [-0.25, -0.2) is 13.2 Å². The van der Waals surface area contributed by atoms with Gasteiger partial charge in [0.25, 0.3) is 5.92 Å². The number of aliphatic hydroxyl groups is 1. The van der Waals surface area contributed by atoms with E-state index < -0.39 is 23.7 Å². The van der Waals surface area contributed by atoms with E-state index in [1.54, 1.807) is 6.92 Å². The van der Waals surface area contributed by atoms with Gasteiger partial charge in [0.15, 0.2) is 0 Å². The molecule has 148 valence electrons. The smallest absolute Gasteiger partial charge is 0.254 e. The molecule has 1 rings (SSSR count). The Kier molecular flexibility index (Phi) is 8.92. The molecule has 0 spiro atoms. The summed E-state index contributed by atoms with van der Waals surface area (Å²) in [5.74, 6) is -5.14. The largest absolute Gasteiger partial charge is 0.396 e. The number of carbonyl (C=O) groups excluding carboxylic acids is 1. The Labute approximate surface area is 153 Å². The lowest BCUT2D eigenvalue weighted by Gasteiger charge is -2.27. The third kappa shape index (κ3) is 5.90. The molecular formula is C19H29F3N2O2. The van der Waals surface area contributed by atoms with Crippen LogP contribution in [0.4, 0.5) is 18.9 Å². The zero-order valence-electron chi connectivity index (χ0n) is 15.6. The van der Waals surface area contributed by atoms with Crippen molar-refractivity contribution >= 4 is 11.6 Å². The summed E-state index contributed by atoms with van der Waals surface area (Å²) in [7, 11) is 1.49. The van der Waals surface area contributed by atoms with Crippen molar-refractivity contribution in [1.29, 1.82) is 0 Å². The van der Waals surface area contributed by atoms with E-state index in [1.165, 1.54) is 26.1 Å². The van der Waals surface area contributed by atoms with Crippen LogP contribution >= 0.6 is 0 Å². The number of hydrogen-bond donors (Lipinski definition) is 3. The molecule has 0 aliphatic rings. The van der Waals surface area contributed by atoms with Gasteiger partial charge in [-0.2, -0.15) is 0 Å². The number of hydrogen-bond acceptors (Lipinski definition) is 3. The fraction of sp³-hybridized carbons (Fsp3) is 0.632. The molecule has 0 aliphatic carbocycles. The molecular weight excluding hydrogens is 345 g/mol. The molecule has 7 heteroatoms. The number of benzene rings is 1. The molecule has 3 N–H and O–H groups in total. The van der Waals surface area contributed by atoms with E-state index in [0.29, 0.717) is 24.9 Å². The van der Waals surface area contributed by atoms with Gasteiger partial charge in [0.1, 0.15) is 11.9 Å². The van der Waals surface area contributed by atoms with Gasteiger partial charge in [0, 0.05) is 25.8 Å². The highest BCUT2D eigenvalue weighted by atomic mass is 19.3. The maximum Gasteiger partial charge on any atom is 0.254 e. The van der Waals surface area contributed by atoms with Crippen LogP contribution in [0.5, 0.6) is 0 Å². The lowest BCUT2D eigenvalue weighted by Crippen LogP contribution is -2.38.